The maximum absolute atomic E-state index is 12.2. The lowest BCUT2D eigenvalue weighted by Gasteiger charge is -2.09. The lowest BCUT2D eigenvalue weighted by atomic mass is 10.2. The number of rotatable bonds is 8. The van der Waals surface area contributed by atoms with Gasteiger partial charge in [0.2, 0.25) is 0 Å². The van der Waals surface area contributed by atoms with E-state index >= 15 is 0 Å². The van der Waals surface area contributed by atoms with Crippen molar-refractivity contribution < 1.29 is 18.8 Å². The predicted molar refractivity (Wildman–Crippen MR) is 115 cm³/mol. The lowest BCUT2D eigenvalue weighted by molar-refractivity contribution is 0.0897. The van der Waals surface area contributed by atoms with Gasteiger partial charge < -0.3 is 19.9 Å². The van der Waals surface area contributed by atoms with Crippen molar-refractivity contribution in [3.63, 3.8) is 0 Å². The van der Waals surface area contributed by atoms with E-state index in [4.69, 9.17) is 9.26 Å². The number of benzene rings is 1. The summed E-state index contributed by atoms with van der Waals surface area (Å²) in [6, 6.07) is 6.90. The quantitative estimate of drug-likeness (QED) is 0.340. The van der Waals surface area contributed by atoms with Crippen molar-refractivity contribution in [1.82, 2.24) is 30.6 Å². The normalized spacial score (nSPS) is 10.7. The van der Waals surface area contributed by atoms with Crippen LogP contribution in [0, 0.1) is 17.4 Å². The fourth-order valence-corrected chi connectivity index (χ4v) is 3.11. The number of halogens is 1. The molecule has 30 heavy (non-hydrogen) atoms. The van der Waals surface area contributed by atoms with Crippen molar-refractivity contribution in [1.29, 1.82) is 0 Å². The van der Waals surface area contributed by atoms with Crippen molar-refractivity contribution in [2.24, 2.45) is 0 Å². The van der Waals surface area contributed by atoms with E-state index in [9.17, 15) is 9.59 Å². The molecule has 0 atom stereocenters. The molecule has 10 nitrogen and oxygen atoms in total. The Bertz CT molecular complexity index is 1060. The Morgan fingerprint density at radius 2 is 1.87 bits per heavy atom. The van der Waals surface area contributed by atoms with Gasteiger partial charge in [-0.3, -0.25) is 14.3 Å². The number of nitrogens with zero attached hydrogens (tertiary/aromatic N) is 4. The van der Waals surface area contributed by atoms with E-state index in [2.05, 4.69) is 48.5 Å². The second kappa shape index (κ2) is 9.69. The molecule has 1 aromatic carbocycles. The van der Waals surface area contributed by atoms with Crippen molar-refractivity contribution in [3.8, 4) is 5.75 Å². The Labute approximate surface area is 186 Å². The van der Waals surface area contributed by atoms with E-state index in [0.29, 0.717) is 23.7 Å². The lowest BCUT2D eigenvalue weighted by Crippen LogP contribution is -2.35. The van der Waals surface area contributed by atoms with Crippen molar-refractivity contribution in [2.45, 2.75) is 20.4 Å². The summed E-state index contributed by atoms with van der Waals surface area (Å²) in [4.78, 5) is 28.5. The highest BCUT2D eigenvalue weighted by atomic mass is 127. The zero-order valence-electron chi connectivity index (χ0n) is 16.7. The Hall–Kier alpha value is -2.96. The summed E-state index contributed by atoms with van der Waals surface area (Å²) in [6.07, 6.45) is 0. The molecule has 0 bridgehead atoms. The predicted octanol–water partition coefficient (Wildman–Crippen LogP) is 1.70. The highest BCUT2D eigenvalue weighted by Crippen LogP contribution is 2.17. The molecular formula is C19H21IN6O4. The van der Waals surface area contributed by atoms with Crippen LogP contribution >= 0.6 is 22.6 Å². The zero-order chi connectivity index (χ0) is 21.7. The Morgan fingerprint density at radius 3 is 2.53 bits per heavy atom. The molecule has 2 aromatic heterocycles. The summed E-state index contributed by atoms with van der Waals surface area (Å²) >= 11 is 2.23. The third kappa shape index (κ3) is 4.96. The molecule has 0 saturated carbocycles. The maximum Gasteiger partial charge on any atom is 0.316 e. The Balaban J connectivity index is 1.49. The molecule has 2 amide bonds. The molecule has 0 aliphatic heterocycles. The molecular weight excluding hydrogens is 503 g/mol. The number of para-hydroxylation sites is 1. The largest absolute Gasteiger partial charge is 0.496 e. The summed E-state index contributed by atoms with van der Waals surface area (Å²) in [5.41, 5.74) is 2.34. The average molecular weight is 524 g/mol. The van der Waals surface area contributed by atoms with Gasteiger partial charge in [-0.2, -0.15) is 10.1 Å². The molecule has 3 rings (SSSR count). The monoisotopic (exact) mass is 524 g/mol. The van der Waals surface area contributed by atoms with Crippen LogP contribution in [0.4, 0.5) is 0 Å². The molecule has 2 heterocycles. The third-order valence-corrected chi connectivity index (χ3v) is 5.86. The number of aryl methyl sites for hydroxylation is 1. The molecule has 0 saturated heterocycles. The van der Waals surface area contributed by atoms with Gasteiger partial charge in [-0.1, -0.05) is 17.3 Å². The fourth-order valence-electron chi connectivity index (χ4n) is 2.73. The van der Waals surface area contributed by atoms with Crippen molar-refractivity contribution >= 4 is 34.4 Å². The molecule has 0 aliphatic rings. The van der Waals surface area contributed by atoms with Crippen LogP contribution in [-0.2, 0) is 6.54 Å². The van der Waals surface area contributed by atoms with Crippen LogP contribution in [0.1, 0.15) is 38.3 Å². The van der Waals surface area contributed by atoms with E-state index < -0.39 is 5.91 Å². The van der Waals surface area contributed by atoms with Crippen LogP contribution in [0.25, 0.3) is 0 Å². The second-order valence-corrected chi connectivity index (χ2v) is 7.45. The fraction of sp³-hybridized carbons (Fsp3) is 0.316. The summed E-state index contributed by atoms with van der Waals surface area (Å²) < 4.78 is 13.0. The minimum absolute atomic E-state index is 0.141. The van der Waals surface area contributed by atoms with Crippen LogP contribution in [0.2, 0.25) is 0 Å². The summed E-state index contributed by atoms with van der Waals surface area (Å²) in [5.74, 6) is -0.108. The summed E-state index contributed by atoms with van der Waals surface area (Å²) in [5, 5.41) is 13.6. The molecule has 0 aliphatic carbocycles. The van der Waals surface area contributed by atoms with E-state index in [1.54, 1.807) is 28.9 Å². The van der Waals surface area contributed by atoms with Gasteiger partial charge in [0, 0.05) is 18.8 Å². The standard InChI is InChI=1S/C19H21IN6O4/c1-11-16(20)12(2)26(24-11)10-15-23-19(30-25-15)18(28)22-9-8-21-17(27)13-6-4-5-7-14(13)29-3/h4-7H,8-10H2,1-3H3,(H,21,27)(H,22,28). The Morgan fingerprint density at radius 1 is 1.17 bits per heavy atom. The molecule has 0 fully saturated rings. The van der Waals surface area contributed by atoms with Gasteiger partial charge in [0.05, 0.1) is 21.9 Å². The van der Waals surface area contributed by atoms with Crippen LogP contribution in [-0.4, -0.2) is 51.9 Å². The third-order valence-electron chi connectivity index (χ3n) is 4.29. The number of ether oxygens (including phenoxy) is 1. The number of carbonyl (C=O) groups excluding carboxylic acids is 2. The molecule has 0 spiro atoms. The van der Waals surface area contributed by atoms with Gasteiger partial charge in [0.15, 0.2) is 5.82 Å². The van der Waals surface area contributed by atoms with E-state index in [-0.39, 0.29) is 24.9 Å². The van der Waals surface area contributed by atoms with Gasteiger partial charge >= 0.3 is 11.8 Å². The molecule has 0 radical (unpaired) electrons. The van der Waals surface area contributed by atoms with Crippen LogP contribution in [0.15, 0.2) is 28.8 Å². The van der Waals surface area contributed by atoms with Gasteiger partial charge in [-0.05, 0) is 48.6 Å². The zero-order valence-corrected chi connectivity index (χ0v) is 18.9. The number of hydrogen-bond donors (Lipinski definition) is 2. The number of nitrogens with one attached hydrogen (secondary N) is 2. The van der Waals surface area contributed by atoms with Gasteiger partial charge in [0.25, 0.3) is 5.91 Å². The molecule has 158 valence electrons. The first-order valence-corrected chi connectivity index (χ1v) is 10.2. The Kier molecular flexibility index (Phi) is 7.03. The molecule has 3 aromatic rings. The van der Waals surface area contributed by atoms with Gasteiger partial charge in [0.1, 0.15) is 12.3 Å². The summed E-state index contributed by atoms with van der Waals surface area (Å²) in [6.45, 7) is 4.62. The molecule has 0 unspecified atom stereocenters. The van der Waals surface area contributed by atoms with Crippen LogP contribution in [0.5, 0.6) is 5.75 Å². The van der Waals surface area contributed by atoms with Crippen molar-refractivity contribution in [3.05, 3.63) is 56.5 Å². The number of amides is 2. The van der Waals surface area contributed by atoms with Crippen LogP contribution in [0.3, 0.4) is 0 Å². The minimum Gasteiger partial charge on any atom is -0.496 e. The SMILES string of the molecule is COc1ccccc1C(=O)NCCNC(=O)c1nc(Cn2nc(C)c(I)c2C)no1. The van der Waals surface area contributed by atoms with E-state index in [0.717, 1.165) is 15.0 Å². The number of hydrogen-bond acceptors (Lipinski definition) is 7. The number of aromatic nitrogens is 4. The topological polar surface area (TPSA) is 124 Å². The highest BCUT2D eigenvalue weighted by molar-refractivity contribution is 14.1. The maximum atomic E-state index is 12.2. The van der Waals surface area contributed by atoms with Crippen LogP contribution < -0.4 is 15.4 Å². The van der Waals surface area contributed by atoms with Gasteiger partial charge in [-0.15, -0.1) is 0 Å². The van der Waals surface area contributed by atoms with Crippen molar-refractivity contribution in [2.75, 3.05) is 20.2 Å². The average Bonchev–Trinajstić information content (AvgIpc) is 3.31. The second-order valence-electron chi connectivity index (χ2n) is 6.37. The first-order valence-electron chi connectivity index (χ1n) is 9.12. The molecule has 11 heteroatoms. The van der Waals surface area contributed by atoms with E-state index in [1.165, 1.54) is 7.11 Å². The molecule has 2 N–H and O–H groups in total. The summed E-state index contributed by atoms with van der Waals surface area (Å²) in [7, 11) is 1.50. The first-order chi connectivity index (χ1) is 14.4. The van der Waals surface area contributed by atoms with Gasteiger partial charge in [-0.25, -0.2) is 0 Å². The highest BCUT2D eigenvalue weighted by Gasteiger charge is 2.17. The minimum atomic E-state index is -0.511. The van der Waals surface area contributed by atoms with E-state index in [1.807, 2.05) is 13.8 Å². The number of methoxy groups -OCH3 is 1. The number of carbonyl (C=O) groups is 2. The first kappa shape index (κ1) is 21.7. The smallest absolute Gasteiger partial charge is 0.316 e.